The molecule has 0 unspecified atom stereocenters. The number of aromatic nitrogens is 3. The Bertz CT molecular complexity index is 1080. The van der Waals surface area contributed by atoms with Crippen LogP contribution in [0.1, 0.15) is 16.2 Å². The van der Waals surface area contributed by atoms with Gasteiger partial charge in [-0.25, -0.2) is 9.97 Å². The third kappa shape index (κ3) is 3.66. The summed E-state index contributed by atoms with van der Waals surface area (Å²) in [5.41, 5.74) is 5.97. The number of rotatable bonds is 6. The molecule has 0 aliphatic rings. The maximum absolute atomic E-state index is 12.0. The highest BCUT2D eigenvalue weighted by atomic mass is 16.5. The minimum absolute atomic E-state index is 0.0000241. The summed E-state index contributed by atoms with van der Waals surface area (Å²) in [6, 6.07) is 11.9. The second-order valence-electron chi connectivity index (χ2n) is 5.39. The standard InChI is InChI=1S/C19H15N5O4/c1-26-13-5-3-4-6-14(13)28-16-15(17(21)25)23-18(24-19(16)27-2)11-7-8-22-12(9-11)10-20/h3-9H,1-2H3,(H2,21,25). The molecule has 0 fully saturated rings. The van der Waals surface area contributed by atoms with E-state index in [-0.39, 0.29) is 28.8 Å². The van der Waals surface area contributed by atoms with Crippen molar-refractivity contribution < 1.29 is 19.0 Å². The van der Waals surface area contributed by atoms with Gasteiger partial charge in [0.2, 0.25) is 5.75 Å². The van der Waals surface area contributed by atoms with Crippen molar-refractivity contribution >= 4 is 5.91 Å². The number of hydrogen-bond donors (Lipinski definition) is 1. The van der Waals surface area contributed by atoms with Crippen molar-refractivity contribution in [2.45, 2.75) is 0 Å². The second kappa shape index (κ2) is 8.01. The number of pyridine rings is 1. The molecular formula is C19H15N5O4. The van der Waals surface area contributed by atoms with Crippen molar-refractivity contribution in [2.24, 2.45) is 5.73 Å². The highest BCUT2D eigenvalue weighted by Crippen LogP contribution is 2.38. The van der Waals surface area contributed by atoms with E-state index in [0.717, 1.165) is 0 Å². The first-order chi connectivity index (χ1) is 13.6. The molecule has 2 aromatic heterocycles. The predicted molar refractivity (Wildman–Crippen MR) is 98.1 cm³/mol. The summed E-state index contributed by atoms with van der Waals surface area (Å²) in [5.74, 6) is 0.0332. The van der Waals surface area contributed by atoms with Crippen molar-refractivity contribution in [3.63, 3.8) is 0 Å². The summed E-state index contributed by atoms with van der Waals surface area (Å²) in [6.45, 7) is 0. The van der Waals surface area contributed by atoms with E-state index >= 15 is 0 Å². The molecule has 2 heterocycles. The number of carbonyl (C=O) groups is 1. The summed E-state index contributed by atoms with van der Waals surface area (Å²) in [7, 11) is 2.86. The van der Waals surface area contributed by atoms with E-state index in [0.29, 0.717) is 17.1 Å². The van der Waals surface area contributed by atoms with E-state index in [1.165, 1.54) is 26.5 Å². The maximum atomic E-state index is 12.0. The fourth-order valence-electron chi connectivity index (χ4n) is 2.40. The fraction of sp³-hybridized carbons (Fsp3) is 0.105. The molecule has 3 aromatic rings. The van der Waals surface area contributed by atoms with Gasteiger partial charge in [0.25, 0.3) is 11.8 Å². The number of primary amides is 1. The molecule has 9 nitrogen and oxygen atoms in total. The molecule has 0 saturated heterocycles. The number of methoxy groups -OCH3 is 2. The largest absolute Gasteiger partial charge is 0.493 e. The van der Waals surface area contributed by atoms with Crippen molar-refractivity contribution in [1.29, 1.82) is 5.26 Å². The van der Waals surface area contributed by atoms with E-state index in [4.69, 9.17) is 25.2 Å². The number of nitriles is 1. The molecule has 0 saturated carbocycles. The normalized spacial score (nSPS) is 10.0. The van der Waals surface area contributed by atoms with E-state index in [2.05, 4.69) is 15.0 Å². The number of hydrogen-bond acceptors (Lipinski definition) is 8. The lowest BCUT2D eigenvalue weighted by Crippen LogP contribution is -2.16. The Hall–Kier alpha value is -4.19. The summed E-state index contributed by atoms with van der Waals surface area (Å²) < 4.78 is 16.4. The molecule has 9 heteroatoms. The second-order valence-corrected chi connectivity index (χ2v) is 5.39. The molecular weight excluding hydrogens is 362 g/mol. The number of amides is 1. The van der Waals surface area contributed by atoms with Crippen molar-refractivity contribution in [3.8, 4) is 40.6 Å². The van der Waals surface area contributed by atoms with Crippen LogP contribution in [0.15, 0.2) is 42.6 Å². The molecule has 1 amide bonds. The van der Waals surface area contributed by atoms with Crippen LogP contribution in [0.3, 0.4) is 0 Å². The van der Waals surface area contributed by atoms with Crippen molar-refractivity contribution in [1.82, 2.24) is 15.0 Å². The Morgan fingerprint density at radius 3 is 2.50 bits per heavy atom. The Labute approximate surface area is 160 Å². The predicted octanol–water partition coefficient (Wildman–Crippen LogP) is 2.32. The highest BCUT2D eigenvalue weighted by molar-refractivity contribution is 5.95. The lowest BCUT2D eigenvalue weighted by molar-refractivity contribution is 0.0992. The quantitative estimate of drug-likeness (QED) is 0.692. The average Bonchev–Trinajstić information content (AvgIpc) is 2.74. The smallest absolute Gasteiger partial charge is 0.271 e. The van der Waals surface area contributed by atoms with Gasteiger partial charge in [-0.2, -0.15) is 10.2 Å². The molecule has 28 heavy (non-hydrogen) atoms. The molecule has 0 bridgehead atoms. The molecule has 0 aliphatic heterocycles. The molecule has 0 atom stereocenters. The van der Waals surface area contributed by atoms with Gasteiger partial charge in [-0.15, -0.1) is 0 Å². The number of ether oxygens (including phenoxy) is 3. The van der Waals surface area contributed by atoms with Crippen LogP contribution in [0.4, 0.5) is 0 Å². The van der Waals surface area contributed by atoms with Crippen molar-refractivity contribution in [3.05, 3.63) is 54.0 Å². The summed E-state index contributed by atoms with van der Waals surface area (Å²) in [5, 5.41) is 9.03. The maximum Gasteiger partial charge on any atom is 0.271 e. The number of nitrogens with two attached hydrogens (primary N) is 1. The monoisotopic (exact) mass is 377 g/mol. The van der Waals surface area contributed by atoms with Gasteiger partial charge >= 0.3 is 0 Å². The van der Waals surface area contributed by atoms with Gasteiger partial charge in [-0.3, -0.25) is 4.79 Å². The fourth-order valence-corrected chi connectivity index (χ4v) is 2.40. The summed E-state index contributed by atoms with van der Waals surface area (Å²) in [4.78, 5) is 24.4. The van der Waals surface area contributed by atoms with Crippen LogP contribution in [0, 0.1) is 11.3 Å². The van der Waals surface area contributed by atoms with Gasteiger partial charge in [0.15, 0.2) is 23.0 Å². The highest BCUT2D eigenvalue weighted by Gasteiger charge is 2.23. The number of benzene rings is 1. The van der Waals surface area contributed by atoms with E-state index in [9.17, 15) is 4.79 Å². The molecule has 1 aromatic carbocycles. The Kier molecular flexibility index (Phi) is 5.32. The first-order valence-corrected chi connectivity index (χ1v) is 8.00. The lowest BCUT2D eigenvalue weighted by Gasteiger charge is -2.15. The molecule has 0 spiro atoms. The van der Waals surface area contributed by atoms with Crippen LogP contribution in [-0.4, -0.2) is 35.1 Å². The third-order valence-corrected chi connectivity index (χ3v) is 3.67. The minimum Gasteiger partial charge on any atom is -0.493 e. The van der Waals surface area contributed by atoms with Crippen LogP contribution in [0.25, 0.3) is 11.4 Å². The van der Waals surface area contributed by atoms with E-state index < -0.39 is 5.91 Å². The zero-order chi connectivity index (χ0) is 20.1. The van der Waals surface area contributed by atoms with Gasteiger partial charge in [0.05, 0.1) is 14.2 Å². The van der Waals surface area contributed by atoms with Crippen LogP contribution >= 0.6 is 0 Å². The zero-order valence-electron chi connectivity index (χ0n) is 15.0. The van der Waals surface area contributed by atoms with Crippen LogP contribution < -0.4 is 19.9 Å². The Morgan fingerprint density at radius 2 is 1.86 bits per heavy atom. The average molecular weight is 377 g/mol. The Balaban J connectivity index is 2.15. The minimum atomic E-state index is -0.832. The summed E-state index contributed by atoms with van der Waals surface area (Å²) >= 11 is 0. The van der Waals surface area contributed by atoms with Crippen molar-refractivity contribution in [2.75, 3.05) is 14.2 Å². The van der Waals surface area contributed by atoms with Crippen LogP contribution in [0.2, 0.25) is 0 Å². The van der Waals surface area contributed by atoms with Gasteiger partial charge in [0, 0.05) is 11.8 Å². The number of carbonyl (C=O) groups excluding carboxylic acids is 1. The van der Waals surface area contributed by atoms with Gasteiger partial charge in [-0.1, -0.05) is 12.1 Å². The zero-order valence-corrected chi connectivity index (χ0v) is 15.0. The number of nitrogens with zero attached hydrogens (tertiary/aromatic N) is 4. The van der Waals surface area contributed by atoms with Gasteiger partial charge in [0.1, 0.15) is 11.8 Å². The van der Waals surface area contributed by atoms with Gasteiger partial charge in [-0.05, 0) is 24.3 Å². The SMILES string of the molecule is COc1ccccc1Oc1c(OC)nc(-c2ccnc(C#N)c2)nc1C(N)=O. The molecule has 0 radical (unpaired) electrons. The first-order valence-electron chi connectivity index (χ1n) is 8.00. The van der Waals surface area contributed by atoms with Gasteiger partial charge < -0.3 is 19.9 Å². The van der Waals surface area contributed by atoms with E-state index in [1.54, 1.807) is 30.3 Å². The number of para-hydroxylation sites is 2. The first kappa shape index (κ1) is 18.6. The Morgan fingerprint density at radius 1 is 1.11 bits per heavy atom. The third-order valence-electron chi connectivity index (χ3n) is 3.67. The molecule has 2 N–H and O–H groups in total. The lowest BCUT2D eigenvalue weighted by atomic mass is 10.2. The van der Waals surface area contributed by atoms with E-state index in [1.807, 2.05) is 6.07 Å². The topological polar surface area (TPSA) is 133 Å². The summed E-state index contributed by atoms with van der Waals surface area (Å²) in [6.07, 6.45) is 1.44. The molecule has 0 aliphatic carbocycles. The molecule has 140 valence electrons. The molecule has 3 rings (SSSR count). The van der Waals surface area contributed by atoms with Crippen LogP contribution in [0.5, 0.6) is 23.1 Å². The van der Waals surface area contributed by atoms with Crippen LogP contribution in [-0.2, 0) is 0 Å².